The third kappa shape index (κ3) is 22.9. The molecule has 6 aliphatic rings. The minimum atomic E-state index is -0.977. The maximum Gasteiger partial charge on any atom is 0.274 e. The summed E-state index contributed by atoms with van der Waals surface area (Å²) in [6, 6.07) is 55.0. The molecular formula is C92H103N13O16. The van der Waals surface area contributed by atoms with Crippen LogP contribution < -0.4 is 37.9 Å². The zero-order valence-electron chi connectivity index (χ0n) is 68.0. The Morgan fingerprint density at radius 2 is 0.843 bits per heavy atom. The topological polar surface area (TPSA) is 401 Å². The summed E-state index contributed by atoms with van der Waals surface area (Å²) in [7, 11) is 0. The highest BCUT2D eigenvalue weighted by Gasteiger charge is 2.36. The third-order valence-electron chi connectivity index (χ3n) is 22.7. The maximum absolute atomic E-state index is 13.1. The van der Waals surface area contributed by atoms with Crippen LogP contribution in [-0.2, 0) is 90.4 Å². The molecule has 1 aromatic heterocycles. The second-order valence-electron chi connectivity index (χ2n) is 30.9. The standard InChI is InChI=1S/C21H20N4O3.C20H23N3O3.C18H18N2O4.C18H24N2O3.C15H18N2O3/c1-14-19(12-22-25(14)18-5-3-2-4-6-18)21(27)24-10-9-15-11-16(20(26)23-28)7-8-17(15)13-24;1-20(21,12-14-5-3-2-4-6-14)19(25)23-10-9-15-11-16(18(24)22-26)7-8-17(15)13-23;21-17(12-24-16-4-2-1-3-5-16)20-9-8-13-10-14(18(22)19-23)6-7-15(13)11-20;21-17(19-23)15-7-8-16-12-20(10-9-14(16)11-15)18(22)13-5-3-1-2-4-6-13;1-3-10(2)15(19)17-7-6-11-8-12(14(18)16-20)4-5-13(11)9-17/h2-8,11-12,28H,9-10,13H2,1H3,(H,23,26);2-8,11,26H,9-10,12-13,21H2,1H3,(H,22,24);1-7,10,23H,8-9,11-12H2,(H,19,22);7-8,11,13,23H,1-6,9-10,12H2,(H,19,21);3-5,8,10,20H,1,6-7,9H2,2H3,(H,16,18). The van der Waals surface area contributed by atoms with E-state index in [2.05, 4.69) is 11.7 Å². The van der Waals surface area contributed by atoms with Crippen LogP contribution in [0.25, 0.3) is 5.69 Å². The van der Waals surface area contributed by atoms with Gasteiger partial charge in [-0.15, -0.1) is 6.58 Å². The number of fused-ring (bicyclic) bond motifs is 5. The zero-order valence-corrected chi connectivity index (χ0v) is 68.0. The maximum atomic E-state index is 13.1. The van der Waals surface area contributed by atoms with E-state index in [1.54, 1.807) is 125 Å². The van der Waals surface area contributed by atoms with Gasteiger partial charge in [0.2, 0.25) is 17.7 Å². The van der Waals surface area contributed by atoms with Gasteiger partial charge >= 0.3 is 0 Å². The molecule has 6 heterocycles. The summed E-state index contributed by atoms with van der Waals surface area (Å²) in [5.74, 6) is -1.78. The minimum Gasteiger partial charge on any atom is -0.484 e. The van der Waals surface area contributed by atoms with Crippen LogP contribution in [0.4, 0.5) is 0 Å². The third-order valence-corrected chi connectivity index (χ3v) is 22.7. The van der Waals surface area contributed by atoms with Crippen LogP contribution in [0.15, 0.2) is 201 Å². The molecule has 1 aliphatic carbocycles. The highest BCUT2D eigenvalue weighted by Crippen LogP contribution is 2.31. The van der Waals surface area contributed by atoms with Gasteiger partial charge in [0.1, 0.15) is 5.75 Å². The fraction of sp³-hybridized carbons (Fsp3) is 0.315. The van der Waals surface area contributed by atoms with Crippen LogP contribution in [0.3, 0.4) is 0 Å². The van der Waals surface area contributed by atoms with Crippen molar-refractivity contribution in [2.75, 3.05) is 39.3 Å². The Hall–Kier alpha value is -13.0. The number of hydrogen-bond donors (Lipinski definition) is 11. The molecule has 12 N–H and O–H groups in total. The number of para-hydroxylation sites is 2. The van der Waals surface area contributed by atoms with Gasteiger partial charge in [0.05, 0.1) is 34.6 Å². The van der Waals surface area contributed by atoms with Crippen LogP contribution in [0.2, 0.25) is 0 Å². The summed E-state index contributed by atoms with van der Waals surface area (Å²) in [6.45, 7) is 14.8. The SMILES string of the molecule is C=CC(C)C(=O)N1CCc2cc(C(=O)NO)ccc2C1.CC(N)(Cc1ccccc1)C(=O)N1CCc2cc(C(=O)NO)ccc2C1.Cc1c(C(=O)N2CCc3cc(C(=O)NO)ccc3C2)cnn1-c1ccccc1.O=C(NO)c1ccc2c(c1)CCN(C(=O)C1CCCCCC1)C2.O=C(NO)c1ccc2c(c1)CCN(C(=O)COc1ccccc1)C2. The van der Waals surface area contributed by atoms with Crippen molar-refractivity contribution < 1.29 is 78.7 Å². The second kappa shape index (κ2) is 42.1. The predicted octanol–water partition coefficient (Wildman–Crippen LogP) is 10.1. The zero-order chi connectivity index (χ0) is 86.3. The predicted molar refractivity (Wildman–Crippen MR) is 447 cm³/mol. The number of benzene rings is 8. The molecule has 632 valence electrons. The molecule has 2 atom stereocenters. The van der Waals surface area contributed by atoms with E-state index in [9.17, 15) is 47.9 Å². The van der Waals surface area contributed by atoms with Gasteiger partial charge in [0, 0.05) is 99.2 Å². The number of rotatable bonds is 16. The number of amides is 10. The number of carbonyl (C=O) groups is 10. The summed E-state index contributed by atoms with van der Waals surface area (Å²) >= 11 is 0. The van der Waals surface area contributed by atoms with Gasteiger partial charge in [0.15, 0.2) is 6.61 Å². The molecule has 0 radical (unpaired) electrons. The highest BCUT2D eigenvalue weighted by atomic mass is 16.5. The largest absolute Gasteiger partial charge is 0.484 e. The van der Waals surface area contributed by atoms with E-state index in [-0.39, 0.29) is 42.1 Å². The minimum absolute atomic E-state index is 0.00431. The first-order valence-corrected chi connectivity index (χ1v) is 40.4. The lowest BCUT2D eigenvalue weighted by Gasteiger charge is -2.35. The van der Waals surface area contributed by atoms with Crippen molar-refractivity contribution in [3.8, 4) is 11.4 Å². The Bertz CT molecular complexity index is 5230. The van der Waals surface area contributed by atoms with Crippen LogP contribution in [0, 0.1) is 18.8 Å². The molecule has 29 heteroatoms. The Labute approximate surface area is 701 Å². The van der Waals surface area contributed by atoms with Gasteiger partial charge in [-0.1, -0.05) is 136 Å². The lowest BCUT2D eigenvalue weighted by atomic mass is 9.90. The Morgan fingerprint density at radius 1 is 0.479 bits per heavy atom. The number of nitrogens with two attached hydrogens (primary N) is 1. The number of hydrogen-bond acceptors (Lipinski definition) is 18. The van der Waals surface area contributed by atoms with E-state index in [1.165, 1.54) is 25.7 Å². The van der Waals surface area contributed by atoms with Gasteiger partial charge in [-0.2, -0.15) is 5.10 Å². The van der Waals surface area contributed by atoms with Gasteiger partial charge in [0.25, 0.3) is 41.4 Å². The number of nitrogens with zero attached hydrogens (tertiary/aromatic N) is 7. The van der Waals surface area contributed by atoms with Crippen molar-refractivity contribution in [1.29, 1.82) is 0 Å². The first-order chi connectivity index (χ1) is 58.4. The van der Waals surface area contributed by atoms with Gasteiger partial charge < -0.3 is 35.0 Å². The molecule has 15 rings (SSSR count). The molecule has 9 aromatic rings. The lowest BCUT2D eigenvalue weighted by molar-refractivity contribution is -0.137. The average molecular weight is 1650 g/mol. The number of ether oxygens (including phenoxy) is 1. The van der Waals surface area contributed by atoms with Gasteiger partial charge in [-0.25, -0.2) is 32.1 Å². The van der Waals surface area contributed by atoms with Crippen LogP contribution in [-0.4, -0.2) is 164 Å². The molecule has 1 saturated carbocycles. The van der Waals surface area contributed by atoms with Crippen LogP contribution in [0.5, 0.6) is 5.75 Å². The number of carbonyl (C=O) groups excluding carboxylic acids is 10. The smallest absolute Gasteiger partial charge is 0.274 e. The molecule has 10 amide bonds. The molecule has 5 aliphatic heterocycles. The molecule has 8 aromatic carbocycles. The van der Waals surface area contributed by atoms with Crippen molar-refractivity contribution >= 4 is 59.1 Å². The molecule has 29 nitrogen and oxygen atoms in total. The van der Waals surface area contributed by atoms with E-state index in [0.29, 0.717) is 143 Å². The van der Waals surface area contributed by atoms with E-state index in [4.69, 9.17) is 36.5 Å². The van der Waals surface area contributed by atoms with Gasteiger partial charge in [-0.3, -0.25) is 74.0 Å². The van der Waals surface area contributed by atoms with Crippen molar-refractivity contribution in [2.45, 2.75) is 136 Å². The highest BCUT2D eigenvalue weighted by molar-refractivity contribution is 5.97. The monoisotopic (exact) mass is 1650 g/mol. The molecular weight excluding hydrogens is 1540 g/mol. The van der Waals surface area contributed by atoms with Crippen LogP contribution >= 0.6 is 0 Å². The first-order valence-electron chi connectivity index (χ1n) is 40.4. The fourth-order valence-electron chi connectivity index (χ4n) is 15.7. The molecule has 1 fully saturated rings. The molecule has 0 spiro atoms. The normalized spacial score (nSPS) is 15.1. The van der Waals surface area contributed by atoms with E-state index in [1.807, 2.05) is 146 Å². The molecule has 0 saturated heterocycles. The average Bonchev–Trinajstić information content (AvgIpc) is 1.30. The summed E-state index contributed by atoms with van der Waals surface area (Å²) in [6.07, 6.45) is 14.1. The Morgan fingerprint density at radius 3 is 1.27 bits per heavy atom. The summed E-state index contributed by atoms with van der Waals surface area (Å²) < 4.78 is 7.27. The molecule has 0 bridgehead atoms. The molecule has 2 unspecified atom stereocenters. The summed E-state index contributed by atoms with van der Waals surface area (Å²) in [5, 5.41) is 48.0. The van der Waals surface area contributed by atoms with E-state index in [0.717, 1.165) is 91.8 Å². The van der Waals surface area contributed by atoms with Crippen molar-refractivity contribution in [2.24, 2.45) is 17.6 Å². The Balaban J connectivity index is 0.000000148. The quantitative estimate of drug-likeness (QED) is 0.0185. The Kier molecular flexibility index (Phi) is 30.9. The fourth-order valence-corrected chi connectivity index (χ4v) is 15.7. The van der Waals surface area contributed by atoms with Gasteiger partial charge in [-0.05, 0) is 211 Å². The van der Waals surface area contributed by atoms with Crippen LogP contribution in [0.1, 0.15) is 181 Å². The van der Waals surface area contributed by atoms with E-state index >= 15 is 0 Å². The van der Waals surface area contributed by atoms with Crippen molar-refractivity contribution in [3.05, 3.63) is 301 Å². The first kappa shape index (κ1) is 88.8. The summed E-state index contributed by atoms with van der Waals surface area (Å²) in [5.41, 5.74) is 29.3. The van der Waals surface area contributed by atoms with Crippen molar-refractivity contribution in [1.82, 2.24) is 61.7 Å². The molecule has 121 heavy (non-hydrogen) atoms. The summed E-state index contributed by atoms with van der Waals surface area (Å²) in [4.78, 5) is 130. The number of aromatic nitrogens is 2. The van der Waals surface area contributed by atoms with Crippen molar-refractivity contribution in [3.63, 3.8) is 0 Å². The number of nitrogens with one attached hydrogen (secondary N) is 5. The van der Waals surface area contributed by atoms with E-state index < -0.39 is 35.1 Å². The number of hydroxylamine groups is 5. The lowest BCUT2D eigenvalue weighted by Crippen LogP contribution is -2.55. The second-order valence-corrected chi connectivity index (χ2v) is 30.9.